The molecule has 0 spiro atoms. The summed E-state index contributed by atoms with van der Waals surface area (Å²) in [6.45, 7) is 1.87. The van der Waals surface area contributed by atoms with Gasteiger partial charge in [0.1, 0.15) is 0 Å². The van der Waals surface area contributed by atoms with E-state index in [0.29, 0.717) is 16.9 Å². The van der Waals surface area contributed by atoms with E-state index in [0.717, 1.165) is 38.8 Å². The summed E-state index contributed by atoms with van der Waals surface area (Å²) in [5, 5.41) is 5.58. The van der Waals surface area contributed by atoms with Crippen molar-refractivity contribution in [2.45, 2.75) is 44.6 Å². The molecule has 1 N–H and O–H groups in total. The molecule has 0 unspecified atom stereocenters. The zero-order chi connectivity index (χ0) is 17.9. The molecule has 2 aliphatic rings. The minimum Gasteiger partial charge on any atom is -0.343 e. The van der Waals surface area contributed by atoms with E-state index in [-0.39, 0.29) is 17.6 Å². The van der Waals surface area contributed by atoms with Gasteiger partial charge in [0.05, 0.1) is 17.3 Å². The first-order valence-corrected chi connectivity index (χ1v) is 10.6. The summed E-state index contributed by atoms with van der Waals surface area (Å²) in [5.41, 5.74) is 0.281. The van der Waals surface area contributed by atoms with Gasteiger partial charge in [-0.15, -0.1) is 11.3 Å². The molecule has 0 radical (unpaired) electrons. The Labute approximate surface area is 162 Å². The Hall–Kier alpha value is -1.66. The highest BCUT2D eigenvalue weighted by molar-refractivity contribution is 7.10. The molecule has 5 nitrogen and oxygen atoms in total. The van der Waals surface area contributed by atoms with Crippen molar-refractivity contribution in [3.8, 4) is 0 Å². The quantitative estimate of drug-likeness (QED) is 0.819. The molecule has 1 saturated heterocycles. The average molecular weight is 391 g/mol. The number of nitrogens with zero attached hydrogens (tertiary/aromatic N) is 3. The third-order valence-electron chi connectivity index (χ3n) is 5.34. The molecule has 1 saturated carbocycles. The van der Waals surface area contributed by atoms with Gasteiger partial charge in [-0.1, -0.05) is 30.5 Å². The normalized spacial score (nSPS) is 19.0. The Balaban J connectivity index is 1.56. The lowest BCUT2D eigenvalue weighted by molar-refractivity contribution is 0.0918. The smallest absolute Gasteiger partial charge is 0.272 e. The van der Waals surface area contributed by atoms with Crippen LogP contribution in [0.5, 0.6) is 0 Å². The predicted molar refractivity (Wildman–Crippen MR) is 105 cm³/mol. The van der Waals surface area contributed by atoms with Crippen LogP contribution in [-0.2, 0) is 0 Å². The van der Waals surface area contributed by atoms with Crippen LogP contribution in [-0.4, -0.2) is 29.0 Å². The Morgan fingerprint density at radius 1 is 1.27 bits per heavy atom. The fraction of sp³-hybridized carbons (Fsp3) is 0.526. The summed E-state index contributed by atoms with van der Waals surface area (Å²) in [7, 11) is 0. The molecule has 1 aliphatic heterocycles. The molecule has 1 amide bonds. The second-order valence-corrected chi connectivity index (χ2v) is 8.46. The fourth-order valence-corrected chi connectivity index (χ4v) is 5.02. The zero-order valence-electron chi connectivity index (χ0n) is 14.7. The van der Waals surface area contributed by atoms with Gasteiger partial charge in [0.15, 0.2) is 5.69 Å². The van der Waals surface area contributed by atoms with Crippen molar-refractivity contribution in [3.05, 3.63) is 39.3 Å². The van der Waals surface area contributed by atoms with Crippen LogP contribution in [0.1, 0.15) is 59.9 Å². The standard InChI is InChI=1S/C19H23ClN4OS/c20-14-12-21-19(24-9-3-4-10-24)23-17(14)18(25)22-16(13-6-1-2-7-13)15-8-5-11-26-15/h5,8,11-13,16H,1-4,6-7,9-10H2,(H,22,25)/t16-/m1/s1. The molecule has 1 atom stereocenters. The molecule has 26 heavy (non-hydrogen) atoms. The van der Waals surface area contributed by atoms with Gasteiger partial charge in [-0.05, 0) is 43.0 Å². The maximum absolute atomic E-state index is 13.0. The van der Waals surface area contributed by atoms with Gasteiger partial charge in [-0.3, -0.25) is 4.79 Å². The van der Waals surface area contributed by atoms with Crippen LogP contribution in [0.25, 0.3) is 0 Å². The van der Waals surface area contributed by atoms with Crippen molar-refractivity contribution < 1.29 is 4.79 Å². The number of hydrogen-bond donors (Lipinski definition) is 1. The van der Waals surface area contributed by atoms with Crippen LogP contribution in [0.2, 0.25) is 5.02 Å². The summed E-state index contributed by atoms with van der Waals surface area (Å²) >= 11 is 7.96. The number of rotatable bonds is 5. The number of aromatic nitrogens is 2. The number of amides is 1. The number of hydrogen-bond acceptors (Lipinski definition) is 5. The molecule has 2 aromatic rings. The summed E-state index contributed by atoms with van der Waals surface area (Å²) in [5.74, 6) is 0.880. The maximum Gasteiger partial charge on any atom is 0.272 e. The van der Waals surface area contributed by atoms with Crippen LogP contribution >= 0.6 is 22.9 Å². The van der Waals surface area contributed by atoms with Crippen molar-refractivity contribution in [1.29, 1.82) is 0 Å². The van der Waals surface area contributed by atoms with Gasteiger partial charge in [0, 0.05) is 18.0 Å². The minimum atomic E-state index is -0.205. The van der Waals surface area contributed by atoms with Crippen LogP contribution in [0.4, 0.5) is 5.95 Å². The third-order valence-corrected chi connectivity index (χ3v) is 6.57. The number of anilines is 1. The van der Waals surface area contributed by atoms with Gasteiger partial charge in [-0.2, -0.15) is 0 Å². The van der Waals surface area contributed by atoms with Crippen molar-refractivity contribution >= 4 is 34.8 Å². The highest BCUT2D eigenvalue weighted by Crippen LogP contribution is 2.37. The predicted octanol–water partition coefficient (Wildman–Crippen LogP) is 4.45. The van der Waals surface area contributed by atoms with Crippen molar-refractivity contribution in [3.63, 3.8) is 0 Å². The molecule has 138 valence electrons. The first kappa shape index (κ1) is 17.7. The highest BCUT2D eigenvalue weighted by Gasteiger charge is 2.30. The fourth-order valence-electron chi connectivity index (χ4n) is 3.98. The van der Waals surface area contributed by atoms with E-state index in [1.54, 1.807) is 17.5 Å². The van der Waals surface area contributed by atoms with E-state index in [1.807, 2.05) is 6.07 Å². The summed E-state index contributed by atoms with van der Waals surface area (Å²) in [6.07, 6.45) is 8.59. The van der Waals surface area contributed by atoms with E-state index < -0.39 is 0 Å². The first-order chi connectivity index (χ1) is 12.7. The molecular formula is C19H23ClN4OS. The monoisotopic (exact) mass is 390 g/mol. The average Bonchev–Trinajstić information content (AvgIpc) is 3.43. The molecule has 2 fully saturated rings. The summed E-state index contributed by atoms with van der Waals surface area (Å²) < 4.78 is 0. The van der Waals surface area contributed by atoms with Gasteiger partial charge >= 0.3 is 0 Å². The molecule has 7 heteroatoms. The molecule has 0 aromatic carbocycles. The molecule has 1 aliphatic carbocycles. The topological polar surface area (TPSA) is 58.1 Å². The molecule has 4 rings (SSSR count). The first-order valence-electron chi connectivity index (χ1n) is 9.34. The van der Waals surface area contributed by atoms with Crippen LogP contribution in [0.3, 0.4) is 0 Å². The van der Waals surface area contributed by atoms with E-state index in [9.17, 15) is 4.79 Å². The highest BCUT2D eigenvalue weighted by atomic mass is 35.5. The minimum absolute atomic E-state index is 0.0336. The largest absolute Gasteiger partial charge is 0.343 e. The summed E-state index contributed by atoms with van der Waals surface area (Å²) in [6, 6.07) is 4.17. The van der Waals surface area contributed by atoms with E-state index >= 15 is 0 Å². The summed E-state index contributed by atoms with van der Waals surface area (Å²) in [4.78, 5) is 25.1. The van der Waals surface area contributed by atoms with E-state index in [4.69, 9.17) is 11.6 Å². The molecule has 2 aromatic heterocycles. The van der Waals surface area contributed by atoms with Crippen molar-refractivity contribution in [2.75, 3.05) is 18.0 Å². The van der Waals surface area contributed by atoms with Gasteiger partial charge in [0.2, 0.25) is 5.95 Å². The van der Waals surface area contributed by atoms with Crippen LogP contribution in [0.15, 0.2) is 23.7 Å². The van der Waals surface area contributed by atoms with Crippen molar-refractivity contribution in [1.82, 2.24) is 15.3 Å². The third kappa shape index (κ3) is 3.71. The number of carbonyl (C=O) groups excluding carboxylic acids is 1. The number of carbonyl (C=O) groups is 1. The molecular weight excluding hydrogens is 368 g/mol. The number of nitrogens with one attached hydrogen (secondary N) is 1. The number of halogens is 1. The van der Waals surface area contributed by atoms with Gasteiger partial charge in [-0.25, -0.2) is 9.97 Å². The second-order valence-electron chi connectivity index (χ2n) is 7.07. The Bertz CT molecular complexity index is 755. The van der Waals surface area contributed by atoms with E-state index in [2.05, 4.69) is 31.6 Å². The SMILES string of the molecule is O=C(N[C@@H](c1cccs1)C1CCCC1)c1nc(N2CCCC2)ncc1Cl. The molecule has 3 heterocycles. The lowest BCUT2D eigenvalue weighted by Gasteiger charge is -2.24. The van der Waals surface area contributed by atoms with Crippen LogP contribution in [0, 0.1) is 5.92 Å². The van der Waals surface area contributed by atoms with Crippen molar-refractivity contribution in [2.24, 2.45) is 5.92 Å². The van der Waals surface area contributed by atoms with Gasteiger partial charge in [0.25, 0.3) is 5.91 Å². The van der Waals surface area contributed by atoms with Gasteiger partial charge < -0.3 is 10.2 Å². The number of thiophene rings is 1. The lowest BCUT2D eigenvalue weighted by atomic mass is 9.96. The lowest BCUT2D eigenvalue weighted by Crippen LogP contribution is -2.33. The second kappa shape index (κ2) is 7.92. The van der Waals surface area contributed by atoms with Crippen LogP contribution < -0.4 is 10.2 Å². The molecule has 0 bridgehead atoms. The Morgan fingerprint density at radius 2 is 2.04 bits per heavy atom. The zero-order valence-corrected chi connectivity index (χ0v) is 16.2. The van der Waals surface area contributed by atoms with E-state index in [1.165, 1.54) is 17.7 Å². The Kier molecular flexibility index (Phi) is 5.41. The Morgan fingerprint density at radius 3 is 2.73 bits per heavy atom. The maximum atomic E-state index is 13.0.